The standard InChI is InChI=1S/C16H20N4O/c1-16(8-9-16)21-15-13(17)14(19-11-20-15)18-10-7-12-5-3-2-4-6-12/h2-6,11H,7-10,17H2,1H3,(H,18,19,20). The number of ether oxygens (including phenoxy) is 1. The molecule has 1 aliphatic carbocycles. The van der Waals surface area contributed by atoms with Gasteiger partial charge in [-0.15, -0.1) is 0 Å². The molecule has 0 radical (unpaired) electrons. The van der Waals surface area contributed by atoms with E-state index in [0.29, 0.717) is 17.4 Å². The lowest BCUT2D eigenvalue weighted by Crippen LogP contribution is -2.16. The zero-order chi connectivity index (χ0) is 14.7. The summed E-state index contributed by atoms with van der Waals surface area (Å²) < 4.78 is 5.83. The molecule has 21 heavy (non-hydrogen) atoms. The maximum absolute atomic E-state index is 6.09. The second kappa shape index (κ2) is 5.60. The Hall–Kier alpha value is -2.30. The average molecular weight is 284 g/mol. The fraction of sp³-hybridized carbons (Fsp3) is 0.375. The molecule has 0 saturated heterocycles. The van der Waals surface area contributed by atoms with Crippen molar-refractivity contribution in [3.8, 4) is 5.88 Å². The predicted octanol–water partition coefficient (Wildman–Crippen LogP) is 2.64. The first-order valence-corrected chi connectivity index (χ1v) is 7.24. The Morgan fingerprint density at radius 2 is 2.00 bits per heavy atom. The van der Waals surface area contributed by atoms with E-state index >= 15 is 0 Å². The number of anilines is 2. The minimum Gasteiger partial charge on any atom is -0.470 e. The summed E-state index contributed by atoms with van der Waals surface area (Å²) in [5, 5.41) is 3.25. The highest BCUT2D eigenvalue weighted by molar-refractivity contribution is 5.66. The molecule has 1 heterocycles. The molecule has 1 aromatic heterocycles. The number of rotatable bonds is 6. The van der Waals surface area contributed by atoms with Crippen LogP contribution in [-0.2, 0) is 6.42 Å². The van der Waals surface area contributed by atoms with E-state index in [9.17, 15) is 0 Å². The molecule has 0 unspecified atom stereocenters. The Bertz CT molecular complexity index is 611. The molecule has 0 bridgehead atoms. The van der Waals surface area contributed by atoms with Crippen molar-refractivity contribution >= 4 is 11.5 Å². The van der Waals surface area contributed by atoms with E-state index in [-0.39, 0.29) is 5.60 Å². The van der Waals surface area contributed by atoms with Crippen LogP contribution in [-0.4, -0.2) is 22.1 Å². The highest BCUT2D eigenvalue weighted by Gasteiger charge is 2.41. The van der Waals surface area contributed by atoms with E-state index in [4.69, 9.17) is 10.5 Å². The van der Waals surface area contributed by atoms with Gasteiger partial charge in [0.1, 0.15) is 17.6 Å². The lowest BCUT2D eigenvalue weighted by atomic mass is 10.1. The lowest BCUT2D eigenvalue weighted by molar-refractivity contribution is 0.193. The van der Waals surface area contributed by atoms with Crippen molar-refractivity contribution in [2.75, 3.05) is 17.6 Å². The molecule has 1 aromatic carbocycles. The van der Waals surface area contributed by atoms with Gasteiger partial charge >= 0.3 is 0 Å². The molecule has 2 aromatic rings. The van der Waals surface area contributed by atoms with Crippen molar-refractivity contribution in [3.63, 3.8) is 0 Å². The third-order valence-electron chi connectivity index (χ3n) is 3.69. The quantitative estimate of drug-likeness (QED) is 0.853. The van der Waals surface area contributed by atoms with Crippen LogP contribution in [0.3, 0.4) is 0 Å². The number of hydrogen-bond donors (Lipinski definition) is 2. The van der Waals surface area contributed by atoms with Gasteiger partial charge in [0.05, 0.1) is 0 Å². The Kier molecular flexibility index (Phi) is 3.64. The van der Waals surface area contributed by atoms with Crippen LogP contribution in [0.5, 0.6) is 5.88 Å². The van der Waals surface area contributed by atoms with E-state index < -0.39 is 0 Å². The third-order valence-corrected chi connectivity index (χ3v) is 3.69. The molecular formula is C16H20N4O. The number of nitrogen functional groups attached to an aromatic ring is 1. The lowest BCUT2D eigenvalue weighted by Gasteiger charge is -2.15. The molecule has 0 spiro atoms. The van der Waals surface area contributed by atoms with Crippen LogP contribution in [0.4, 0.5) is 11.5 Å². The average Bonchev–Trinajstić information content (AvgIpc) is 3.22. The SMILES string of the molecule is CC1(Oc2ncnc(NCCc3ccccc3)c2N)CC1. The fourth-order valence-electron chi connectivity index (χ4n) is 2.08. The highest BCUT2D eigenvalue weighted by Crippen LogP contribution is 2.41. The predicted molar refractivity (Wildman–Crippen MR) is 83.3 cm³/mol. The van der Waals surface area contributed by atoms with Gasteiger partial charge in [-0.25, -0.2) is 4.98 Å². The van der Waals surface area contributed by atoms with Crippen LogP contribution in [0.25, 0.3) is 0 Å². The number of nitrogens with two attached hydrogens (primary N) is 1. The normalized spacial score (nSPS) is 15.5. The summed E-state index contributed by atoms with van der Waals surface area (Å²) >= 11 is 0. The first-order chi connectivity index (χ1) is 10.2. The second-order valence-electron chi connectivity index (χ2n) is 5.66. The van der Waals surface area contributed by atoms with Crippen LogP contribution in [0.1, 0.15) is 25.3 Å². The number of benzene rings is 1. The van der Waals surface area contributed by atoms with Crippen molar-refractivity contribution in [2.24, 2.45) is 0 Å². The summed E-state index contributed by atoms with van der Waals surface area (Å²) in [6.07, 6.45) is 4.50. The molecule has 1 aliphatic rings. The van der Waals surface area contributed by atoms with E-state index in [1.807, 2.05) is 18.2 Å². The largest absolute Gasteiger partial charge is 0.470 e. The first kappa shape index (κ1) is 13.7. The highest BCUT2D eigenvalue weighted by atomic mass is 16.5. The van der Waals surface area contributed by atoms with E-state index in [1.54, 1.807) is 0 Å². The van der Waals surface area contributed by atoms with Gasteiger partial charge < -0.3 is 15.8 Å². The molecule has 3 N–H and O–H groups in total. The van der Waals surface area contributed by atoms with E-state index in [2.05, 4.69) is 34.3 Å². The van der Waals surface area contributed by atoms with Gasteiger partial charge in [-0.2, -0.15) is 4.98 Å². The van der Waals surface area contributed by atoms with Crippen LogP contribution in [0, 0.1) is 0 Å². The van der Waals surface area contributed by atoms with Gasteiger partial charge in [-0.05, 0) is 31.7 Å². The minimum atomic E-state index is -0.0935. The van der Waals surface area contributed by atoms with Crippen molar-refractivity contribution in [1.29, 1.82) is 0 Å². The first-order valence-electron chi connectivity index (χ1n) is 7.24. The Morgan fingerprint density at radius 1 is 1.24 bits per heavy atom. The molecule has 3 rings (SSSR count). The van der Waals surface area contributed by atoms with Crippen LogP contribution in [0.2, 0.25) is 0 Å². The van der Waals surface area contributed by atoms with Crippen LogP contribution in [0.15, 0.2) is 36.7 Å². The third kappa shape index (κ3) is 3.42. The number of aromatic nitrogens is 2. The van der Waals surface area contributed by atoms with E-state index in [1.165, 1.54) is 11.9 Å². The van der Waals surface area contributed by atoms with Gasteiger partial charge in [-0.1, -0.05) is 30.3 Å². The van der Waals surface area contributed by atoms with E-state index in [0.717, 1.165) is 25.8 Å². The summed E-state index contributed by atoms with van der Waals surface area (Å²) in [4.78, 5) is 8.33. The molecule has 1 saturated carbocycles. The van der Waals surface area contributed by atoms with Gasteiger partial charge in [0, 0.05) is 6.54 Å². The Morgan fingerprint density at radius 3 is 2.71 bits per heavy atom. The summed E-state index contributed by atoms with van der Waals surface area (Å²) in [5.74, 6) is 1.12. The smallest absolute Gasteiger partial charge is 0.243 e. The molecule has 1 fully saturated rings. The van der Waals surface area contributed by atoms with Gasteiger partial charge in [0.15, 0.2) is 5.82 Å². The van der Waals surface area contributed by atoms with Crippen molar-refractivity contribution in [2.45, 2.75) is 31.8 Å². The Labute approximate surface area is 124 Å². The number of hydrogen-bond acceptors (Lipinski definition) is 5. The van der Waals surface area contributed by atoms with Gasteiger partial charge in [0.25, 0.3) is 0 Å². The summed E-state index contributed by atoms with van der Waals surface area (Å²) in [6.45, 7) is 2.83. The molecular weight excluding hydrogens is 264 g/mol. The molecule has 0 atom stereocenters. The monoisotopic (exact) mass is 284 g/mol. The van der Waals surface area contributed by atoms with Crippen LogP contribution >= 0.6 is 0 Å². The summed E-state index contributed by atoms with van der Waals surface area (Å²) in [6, 6.07) is 10.3. The maximum Gasteiger partial charge on any atom is 0.243 e. The topological polar surface area (TPSA) is 73.1 Å². The zero-order valence-corrected chi connectivity index (χ0v) is 12.2. The molecule has 110 valence electrons. The van der Waals surface area contributed by atoms with Crippen molar-refractivity contribution < 1.29 is 4.74 Å². The molecule has 5 nitrogen and oxygen atoms in total. The number of nitrogens with zero attached hydrogens (tertiary/aromatic N) is 2. The van der Waals surface area contributed by atoms with Crippen molar-refractivity contribution in [1.82, 2.24) is 9.97 Å². The minimum absolute atomic E-state index is 0.0935. The maximum atomic E-state index is 6.09. The molecule has 0 aliphatic heterocycles. The summed E-state index contributed by atoms with van der Waals surface area (Å²) in [5.41, 5.74) is 7.75. The Balaban J connectivity index is 1.61. The molecule has 5 heteroatoms. The number of nitrogens with one attached hydrogen (secondary N) is 1. The van der Waals surface area contributed by atoms with Gasteiger partial charge in [-0.3, -0.25) is 0 Å². The van der Waals surface area contributed by atoms with Crippen LogP contribution < -0.4 is 15.8 Å². The van der Waals surface area contributed by atoms with Gasteiger partial charge in [0.2, 0.25) is 5.88 Å². The van der Waals surface area contributed by atoms with Crippen molar-refractivity contribution in [3.05, 3.63) is 42.2 Å². The second-order valence-corrected chi connectivity index (χ2v) is 5.66. The molecule has 0 amide bonds. The zero-order valence-electron chi connectivity index (χ0n) is 12.2. The fourth-order valence-corrected chi connectivity index (χ4v) is 2.08. The summed E-state index contributed by atoms with van der Waals surface area (Å²) in [7, 11) is 0.